The lowest BCUT2D eigenvalue weighted by Crippen LogP contribution is -2.31. The number of benzene rings is 2. The van der Waals surface area contributed by atoms with Crippen molar-refractivity contribution in [2.24, 2.45) is 0 Å². The van der Waals surface area contributed by atoms with Crippen molar-refractivity contribution >= 4 is 46.6 Å². The number of hydrogen-bond donors (Lipinski definition) is 0. The van der Waals surface area contributed by atoms with Crippen LogP contribution in [-0.2, 0) is 0 Å². The third-order valence-corrected chi connectivity index (χ3v) is 8.15. The highest BCUT2D eigenvalue weighted by Crippen LogP contribution is 2.47. The number of fused-ring (bicyclic) bond motifs is 6. The molecule has 2 atom stereocenters. The Bertz CT molecular complexity index is 1570. The van der Waals surface area contributed by atoms with Gasteiger partial charge in [-0.1, -0.05) is 73.3 Å². The molecule has 3 aliphatic rings. The van der Waals surface area contributed by atoms with Crippen LogP contribution in [0.1, 0.15) is 41.6 Å². The molecular weight excluding hydrogens is 436 g/mol. The van der Waals surface area contributed by atoms with Gasteiger partial charge in [0.25, 0.3) is 0 Å². The summed E-state index contributed by atoms with van der Waals surface area (Å²) in [5.41, 5.74) is 7.41. The van der Waals surface area contributed by atoms with Gasteiger partial charge in [0.05, 0.1) is 11.6 Å². The summed E-state index contributed by atoms with van der Waals surface area (Å²) >= 11 is 1.79. The van der Waals surface area contributed by atoms with E-state index in [1.165, 1.54) is 37.6 Å². The number of rotatable bonds is 1. The fourth-order valence-corrected chi connectivity index (χ4v) is 6.33. The minimum atomic E-state index is -0.493. The van der Waals surface area contributed by atoms with Crippen LogP contribution in [0.3, 0.4) is 0 Å². The first kappa shape index (κ1) is 20.7. The Balaban J connectivity index is 1.71. The Morgan fingerprint density at radius 1 is 1.03 bits per heavy atom. The zero-order valence-electron chi connectivity index (χ0n) is 19.0. The topological polar surface area (TPSA) is 55.8 Å². The molecule has 6 rings (SSSR count). The van der Waals surface area contributed by atoms with E-state index >= 15 is 0 Å². The summed E-state index contributed by atoms with van der Waals surface area (Å²) in [6, 6.07) is 17.0. The number of likely N-dealkylation sites (N-methyl/N-ethyl adjacent to an activating group) is 1. The number of nitriles is 2. The van der Waals surface area contributed by atoms with Crippen LogP contribution in [0.4, 0.5) is 0 Å². The molecule has 0 radical (unpaired) electrons. The molecule has 0 saturated carbocycles. The molecular formula is C29H22N4S. The van der Waals surface area contributed by atoms with Crippen LogP contribution in [0, 0.1) is 22.7 Å². The van der Waals surface area contributed by atoms with Gasteiger partial charge in [0.1, 0.15) is 17.8 Å². The van der Waals surface area contributed by atoms with E-state index in [2.05, 4.69) is 84.3 Å². The van der Waals surface area contributed by atoms with Crippen LogP contribution in [-0.4, -0.2) is 22.6 Å². The first-order valence-electron chi connectivity index (χ1n) is 11.4. The highest BCUT2D eigenvalue weighted by atomic mass is 32.2. The molecule has 0 saturated heterocycles. The molecule has 0 amide bonds. The van der Waals surface area contributed by atoms with E-state index in [9.17, 15) is 10.5 Å². The van der Waals surface area contributed by atoms with Gasteiger partial charge in [-0.2, -0.15) is 10.5 Å². The Morgan fingerprint density at radius 2 is 1.85 bits per heavy atom. The molecule has 0 spiro atoms. The second-order valence-corrected chi connectivity index (χ2v) is 10.00. The molecule has 0 bridgehead atoms. The van der Waals surface area contributed by atoms with E-state index in [-0.39, 0.29) is 0 Å². The summed E-state index contributed by atoms with van der Waals surface area (Å²) in [5.74, 6) is 0.321. The van der Waals surface area contributed by atoms with Crippen molar-refractivity contribution < 1.29 is 0 Å². The molecule has 0 N–H and O–H groups in total. The number of nitrogens with zero attached hydrogens (tertiary/aromatic N) is 4. The van der Waals surface area contributed by atoms with E-state index in [0.29, 0.717) is 11.6 Å². The average molecular weight is 459 g/mol. The lowest BCUT2D eigenvalue weighted by atomic mass is 9.93. The van der Waals surface area contributed by atoms with Crippen molar-refractivity contribution in [3.8, 4) is 12.1 Å². The Morgan fingerprint density at radius 3 is 2.68 bits per heavy atom. The van der Waals surface area contributed by atoms with Gasteiger partial charge in [0.15, 0.2) is 0 Å². The van der Waals surface area contributed by atoms with Gasteiger partial charge in [-0.15, -0.1) is 0 Å². The molecule has 1 aliphatic carbocycles. The molecule has 34 heavy (non-hydrogen) atoms. The molecule has 2 aliphatic heterocycles. The predicted molar refractivity (Wildman–Crippen MR) is 139 cm³/mol. The number of hydrogen-bond acceptors (Lipinski definition) is 4. The van der Waals surface area contributed by atoms with Crippen molar-refractivity contribution in [3.63, 3.8) is 0 Å². The zero-order valence-corrected chi connectivity index (χ0v) is 19.8. The van der Waals surface area contributed by atoms with E-state index in [1.54, 1.807) is 23.7 Å². The second-order valence-electron chi connectivity index (χ2n) is 8.94. The number of allylic oxidation sites excluding steroid dienone is 4. The molecule has 2 unspecified atom stereocenters. The van der Waals surface area contributed by atoms with E-state index in [1.807, 2.05) is 12.2 Å². The third-order valence-electron chi connectivity index (χ3n) is 6.92. The standard InChI is InChI=1S/C29H22N4S/c1-18-6-5-8-24-25-13-12-20-11-10-19-7-3-4-9-26(19)34-29(20)28(25)33(27(18)24)21-14-22(16-30)32(2)23(15-21)17-31/h3-5,7-15,18,22H,6H2,1-2H3. The molecule has 3 heterocycles. The first-order valence-corrected chi connectivity index (χ1v) is 12.2. The molecule has 4 nitrogen and oxygen atoms in total. The van der Waals surface area contributed by atoms with E-state index in [0.717, 1.165) is 17.6 Å². The van der Waals surface area contributed by atoms with Gasteiger partial charge in [-0.05, 0) is 35.8 Å². The monoisotopic (exact) mass is 458 g/mol. The van der Waals surface area contributed by atoms with Crippen molar-refractivity contribution in [2.75, 3.05) is 7.05 Å². The summed E-state index contributed by atoms with van der Waals surface area (Å²) in [6.07, 6.45) is 13.7. The second kappa shape index (κ2) is 7.83. The minimum absolute atomic E-state index is 0.321. The smallest absolute Gasteiger partial charge is 0.138 e. The van der Waals surface area contributed by atoms with Gasteiger partial charge in [-0.25, -0.2) is 0 Å². The maximum absolute atomic E-state index is 9.83. The van der Waals surface area contributed by atoms with Gasteiger partial charge >= 0.3 is 0 Å². The normalized spacial score (nSPS) is 20.4. The van der Waals surface area contributed by atoms with Crippen LogP contribution >= 0.6 is 11.8 Å². The average Bonchev–Trinajstić information content (AvgIpc) is 3.08. The molecule has 1 aromatic heterocycles. The molecule has 0 fully saturated rings. The van der Waals surface area contributed by atoms with Gasteiger partial charge in [0, 0.05) is 45.1 Å². The fourth-order valence-electron chi connectivity index (χ4n) is 5.16. The Labute approximate surface area is 203 Å². The van der Waals surface area contributed by atoms with Crippen LogP contribution in [0.25, 0.3) is 34.8 Å². The van der Waals surface area contributed by atoms with Crippen molar-refractivity contribution in [3.05, 3.63) is 82.7 Å². The predicted octanol–water partition coefficient (Wildman–Crippen LogP) is 6.88. The molecule has 5 heteroatoms. The zero-order chi connectivity index (χ0) is 23.4. The van der Waals surface area contributed by atoms with Crippen LogP contribution in [0.15, 0.2) is 70.1 Å². The summed E-state index contributed by atoms with van der Waals surface area (Å²) in [4.78, 5) is 4.16. The lowest BCUT2D eigenvalue weighted by molar-refractivity contribution is 0.417. The maximum Gasteiger partial charge on any atom is 0.138 e. The van der Waals surface area contributed by atoms with Crippen molar-refractivity contribution in [1.29, 1.82) is 10.5 Å². The highest BCUT2D eigenvalue weighted by molar-refractivity contribution is 7.99. The van der Waals surface area contributed by atoms with E-state index in [4.69, 9.17) is 0 Å². The maximum atomic E-state index is 9.83. The summed E-state index contributed by atoms with van der Waals surface area (Å²) in [7, 11) is 1.80. The van der Waals surface area contributed by atoms with Crippen LogP contribution in [0.5, 0.6) is 0 Å². The molecule has 3 aromatic rings. The Hall–Kier alpha value is -3.93. The van der Waals surface area contributed by atoms with Crippen LogP contribution < -0.4 is 0 Å². The van der Waals surface area contributed by atoms with Crippen molar-refractivity contribution in [1.82, 2.24) is 9.47 Å². The quantitative estimate of drug-likeness (QED) is 0.312. The lowest BCUT2D eigenvalue weighted by Gasteiger charge is -2.28. The minimum Gasteiger partial charge on any atom is -0.347 e. The SMILES string of the molecule is CC1CC=Cc2c1n(C1=CC(C#N)N(C)C(C#N)=C1)c1c3c(ccc21)C=Cc1ccccc1S3. The third kappa shape index (κ3) is 2.98. The first-order chi connectivity index (χ1) is 16.6. The van der Waals surface area contributed by atoms with E-state index < -0.39 is 6.04 Å². The molecule has 164 valence electrons. The summed E-state index contributed by atoms with van der Waals surface area (Å²) in [6.45, 7) is 2.25. The highest BCUT2D eigenvalue weighted by Gasteiger charge is 2.29. The summed E-state index contributed by atoms with van der Waals surface area (Å²) < 4.78 is 2.32. The largest absolute Gasteiger partial charge is 0.347 e. The van der Waals surface area contributed by atoms with Gasteiger partial charge < -0.3 is 9.47 Å². The number of aromatic nitrogens is 1. The van der Waals surface area contributed by atoms with Crippen molar-refractivity contribution in [2.45, 2.75) is 35.1 Å². The summed E-state index contributed by atoms with van der Waals surface area (Å²) in [5, 5.41) is 20.8. The van der Waals surface area contributed by atoms with Crippen LogP contribution in [0.2, 0.25) is 0 Å². The molecule has 2 aromatic carbocycles. The van der Waals surface area contributed by atoms with Gasteiger partial charge in [0.2, 0.25) is 0 Å². The van der Waals surface area contributed by atoms with Gasteiger partial charge in [-0.3, -0.25) is 0 Å². The Kier molecular flexibility index (Phi) is 4.76. The fraction of sp³-hybridized carbons (Fsp3) is 0.172.